The summed E-state index contributed by atoms with van der Waals surface area (Å²) in [6, 6.07) is 17.3. The van der Waals surface area contributed by atoms with Crippen LogP contribution in [0, 0.1) is 0 Å². The number of para-hydroxylation sites is 1. The first-order valence-corrected chi connectivity index (χ1v) is 11.4. The van der Waals surface area contributed by atoms with Gasteiger partial charge in [-0.3, -0.25) is 9.69 Å². The van der Waals surface area contributed by atoms with Gasteiger partial charge in [-0.15, -0.1) is 21.5 Å². The SMILES string of the molecule is COc1ccc(-c2nnc(SCc3csc(N(C(C)=O)c4ccccc4)n3)n2C)cc1. The second kappa shape index (κ2) is 9.32. The molecule has 4 aromatic rings. The summed E-state index contributed by atoms with van der Waals surface area (Å²) in [5.74, 6) is 2.15. The van der Waals surface area contributed by atoms with Gasteiger partial charge in [-0.25, -0.2) is 4.98 Å². The largest absolute Gasteiger partial charge is 0.497 e. The van der Waals surface area contributed by atoms with Crippen LogP contribution < -0.4 is 9.64 Å². The molecule has 0 radical (unpaired) electrons. The van der Waals surface area contributed by atoms with Crippen LogP contribution >= 0.6 is 23.1 Å². The minimum atomic E-state index is -0.0720. The Kier molecular flexibility index (Phi) is 6.34. The number of rotatable bonds is 7. The Hall–Kier alpha value is -3.17. The molecule has 0 spiro atoms. The van der Waals surface area contributed by atoms with Crippen molar-refractivity contribution < 1.29 is 9.53 Å². The number of carbonyl (C=O) groups is 1. The average molecular weight is 452 g/mol. The number of ether oxygens (including phenoxy) is 1. The molecule has 0 aliphatic carbocycles. The van der Waals surface area contributed by atoms with Gasteiger partial charge in [0.1, 0.15) is 5.75 Å². The van der Waals surface area contributed by atoms with Gasteiger partial charge < -0.3 is 9.30 Å². The number of aromatic nitrogens is 4. The first-order chi connectivity index (χ1) is 15.1. The standard InChI is InChI=1S/C22H21N5O2S2/c1-15(28)27(18-7-5-4-6-8-18)21-23-17(13-30-21)14-31-22-25-24-20(26(22)2)16-9-11-19(29-3)12-10-16/h4-13H,14H2,1-3H3. The Morgan fingerprint density at radius 2 is 1.87 bits per heavy atom. The van der Waals surface area contributed by atoms with Gasteiger partial charge >= 0.3 is 0 Å². The zero-order chi connectivity index (χ0) is 21.8. The number of benzene rings is 2. The van der Waals surface area contributed by atoms with Crippen molar-refractivity contribution in [2.75, 3.05) is 12.0 Å². The molecule has 1 amide bonds. The first kappa shape index (κ1) is 21.1. The second-order valence-corrected chi connectivity index (χ2v) is 8.47. The Morgan fingerprint density at radius 1 is 1.13 bits per heavy atom. The number of thioether (sulfide) groups is 1. The van der Waals surface area contributed by atoms with Crippen molar-refractivity contribution in [3.63, 3.8) is 0 Å². The van der Waals surface area contributed by atoms with E-state index in [1.54, 1.807) is 30.7 Å². The first-order valence-electron chi connectivity index (χ1n) is 9.53. The van der Waals surface area contributed by atoms with Crippen LogP contribution in [0.2, 0.25) is 0 Å². The summed E-state index contributed by atoms with van der Waals surface area (Å²) in [5, 5.41) is 12.1. The van der Waals surface area contributed by atoms with Crippen LogP contribution in [0.25, 0.3) is 11.4 Å². The van der Waals surface area contributed by atoms with Gasteiger partial charge in [-0.2, -0.15) is 0 Å². The van der Waals surface area contributed by atoms with Crippen LogP contribution in [-0.4, -0.2) is 32.8 Å². The Bertz CT molecular complexity index is 1170. The fraction of sp³-hybridized carbons (Fsp3) is 0.182. The highest BCUT2D eigenvalue weighted by Crippen LogP contribution is 2.31. The predicted molar refractivity (Wildman–Crippen MR) is 124 cm³/mol. The summed E-state index contributed by atoms with van der Waals surface area (Å²) in [6.07, 6.45) is 0. The van der Waals surface area contributed by atoms with E-state index in [2.05, 4.69) is 15.2 Å². The van der Waals surface area contributed by atoms with Gasteiger partial charge in [-0.1, -0.05) is 30.0 Å². The zero-order valence-electron chi connectivity index (χ0n) is 17.3. The summed E-state index contributed by atoms with van der Waals surface area (Å²) in [7, 11) is 3.59. The van der Waals surface area contributed by atoms with E-state index in [0.717, 1.165) is 33.7 Å². The van der Waals surface area contributed by atoms with Crippen LogP contribution in [0.4, 0.5) is 10.8 Å². The molecule has 0 saturated carbocycles. The van der Waals surface area contributed by atoms with E-state index in [1.807, 2.05) is 71.6 Å². The number of hydrogen-bond acceptors (Lipinski definition) is 7. The number of carbonyl (C=O) groups excluding carboxylic acids is 1. The third-order valence-corrected chi connectivity index (χ3v) is 6.52. The summed E-state index contributed by atoms with van der Waals surface area (Å²) in [6.45, 7) is 1.54. The molecule has 0 saturated heterocycles. The van der Waals surface area contributed by atoms with E-state index in [-0.39, 0.29) is 5.91 Å². The molecule has 0 aliphatic rings. The molecule has 0 unspecified atom stereocenters. The second-order valence-electron chi connectivity index (χ2n) is 6.69. The van der Waals surface area contributed by atoms with Crippen molar-refractivity contribution in [3.05, 3.63) is 65.7 Å². The zero-order valence-corrected chi connectivity index (χ0v) is 19.0. The third-order valence-electron chi connectivity index (χ3n) is 4.59. The summed E-state index contributed by atoms with van der Waals surface area (Å²) < 4.78 is 7.18. The number of methoxy groups -OCH3 is 1. The van der Waals surface area contributed by atoms with Crippen molar-refractivity contribution in [2.45, 2.75) is 17.8 Å². The molecule has 0 fully saturated rings. The summed E-state index contributed by atoms with van der Waals surface area (Å²) in [5.41, 5.74) is 2.67. The van der Waals surface area contributed by atoms with Gasteiger partial charge in [0, 0.05) is 30.7 Å². The normalized spacial score (nSPS) is 10.8. The van der Waals surface area contributed by atoms with Crippen LogP contribution in [-0.2, 0) is 17.6 Å². The lowest BCUT2D eigenvalue weighted by molar-refractivity contribution is -0.115. The molecular weight excluding hydrogens is 430 g/mol. The van der Waals surface area contributed by atoms with Gasteiger partial charge in [0.25, 0.3) is 0 Å². The predicted octanol–water partition coefficient (Wildman–Crippen LogP) is 4.92. The van der Waals surface area contributed by atoms with Gasteiger partial charge in [0.2, 0.25) is 5.91 Å². The fourth-order valence-electron chi connectivity index (χ4n) is 3.04. The van der Waals surface area contributed by atoms with Crippen LogP contribution in [0.3, 0.4) is 0 Å². The lowest BCUT2D eigenvalue weighted by atomic mass is 10.2. The highest BCUT2D eigenvalue weighted by atomic mass is 32.2. The number of amides is 1. The lowest BCUT2D eigenvalue weighted by Crippen LogP contribution is -2.22. The van der Waals surface area contributed by atoms with Crippen molar-refractivity contribution >= 4 is 39.8 Å². The summed E-state index contributed by atoms with van der Waals surface area (Å²) in [4.78, 5) is 18.5. The molecule has 7 nitrogen and oxygen atoms in total. The van der Waals surface area contributed by atoms with E-state index < -0.39 is 0 Å². The van der Waals surface area contributed by atoms with Crippen molar-refractivity contribution in [1.82, 2.24) is 19.7 Å². The lowest BCUT2D eigenvalue weighted by Gasteiger charge is -2.17. The molecule has 2 aromatic heterocycles. The van der Waals surface area contributed by atoms with Crippen LogP contribution in [0.15, 0.2) is 65.1 Å². The molecule has 158 valence electrons. The van der Waals surface area contributed by atoms with Crippen molar-refractivity contribution in [1.29, 1.82) is 0 Å². The highest BCUT2D eigenvalue weighted by Gasteiger charge is 2.18. The molecule has 0 bridgehead atoms. The minimum absolute atomic E-state index is 0.0720. The minimum Gasteiger partial charge on any atom is -0.497 e. The Labute approximate surface area is 188 Å². The van der Waals surface area contributed by atoms with E-state index in [0.29, 0.717) is 10.9 Å². The van der Waals surface area contributed by atoms with Gasteiger partial charge in [-0.05, 0) is 36.4 Å². The topological polar surface area (TPSA) is 73.1 Å². The van der Waals surface area contributed by atoms with Crippen LogP contribution in [0.5, 0.6) is 5.75 Å². The number of nitrogens with zero attached hydrogens (tertiary/aromatic N) is 5. The van der Waals surface area contributed by atoms with Crippen LogP contribution in [0.1, 0.15) is 12.6 Å². The smallest absolute Gasteiger partial charge is 0.230 e. The molecule has 31 heavy (non-hydrogen) atoms. The van der Waals surface area contributed by atoms with E-state index in [9.17, 15) is 4.79 Å². The molecular formula is C22H21N5O2S2. The highest BCUT2D eigenvalue weighted by molar-refractivity contribution is 7.98. The maximum atomic E-state index is 12.2. The molecule has 2 heterocycles. The quantitative estimate of drug-likeness (QED) is 0.371. The van der Waals surface area contributed by atoms with Gasteiger partial charge in [0.15, 0.2) is 16.1 Å². The molecule has 0 N–H and O–H groups in total. The molecule has 0 aliphatic heterocycles. The maximum absolute atomic E-state index is 12.2. The molecule has 0 atom stereocenters. The van der Waals surface area contributed by atoms with Crippen molar-refractivity contribution in [3.8, 4) is 17.1 Å². The van der Waals surface area contributed by atoms with Gasteiger partial charge in [0.05, 0.1) is 18.5 Å². The van der Waals surface area contributed by atoms with E-state index >= 15 is 0 Å². The maximum Gasteiger partial charge on any atom is 0.230 e. The van der Waals surface area contributed by atoms with E-state index in [1.165, 1.54) is 11.3 Å². The van der Waals surface area contributed by atoms with E-state index in [4.69, 9.17) is 4.74 Å². The Morgan fingerprint density at radius 3 is 2.55 bits per heavy atom. The molecule has 2 aromatic carbocycles. The number of hydrogen-bond donors (Lipinski definition) is 0. The number of thiazole rings is 1. The Balaban J connectivity index is 1.47. The number of anilines is 2. The average Bonchev–Trinajstić information content (AvgIpc) is 3.39. The monoisotopic (exact) mass is 451 g/mol. The molecule has 4 rings (SSSR count). The third kappa shape index (κ3) is 4.62. The van der Waals surface area contributed by atoms with Crippen molar-refractivity contribution in [2.24, 2.45) is 7.05 Å². The summed E-state index contributed by atoms with van der Waals surface area (Å²) >= 11 is 3.01. The fourth-order valence-corrected chi connectivity index (χ4v) is 4.84. The molecule has 9 heteroatoms.